The number of nitro benzene ring substituents is 2. The highest BCUT2D eigenvalue weighted by Gasteiger charge is 2.21. The molecule has 0 spiro atoms. The number of nitrogens with zero attached hydrogens (tertiary/aromatic N) is 3. The van der Waals surface area contributed by atoms with Gasteiger partial charge in [0.05, 0.1) is 21.6 Å². The second kappa shape index (κ2) is 5.70. The normalized spacial score (nSPS) is 19.4. The first-order chi connectivity index (χ1) is 9.90. The van der Waals surface area contributed by atoms with Gasteiger partial charge in [0.1, 0.15) is 5.69 Å². The highest BCUT2D eigenvalue weighted by Crippen LogP contribution is 2.29. The molecule has 8 heteroatoms. The van der Waals surface area contributed by atoms with Crippen LogP contribution in [-0.2, 0) is 0 Å². The zero-order valence-electron chi connectivity index (χ0n) is 11.6. The molecule has 0 bridgehead atoms. The molecule has 0 amide bonds. The largest absolute Gasteiger partial charge is 0.301 e. The lowest BCUT2D eigenvalue weighted by atomic mass is 10.1. The van der Waals surface area contributed by atoms with Crippen LogP contribution in [0.3, 0.4) is 0 Å². The van der Waals surface area contributed by atoms with Crippen LogP contribution in [0, 0.1) is 26.1 Å². The molecule has 0 fully saturated rings. The Hall–Kier alpha value is -2.77. The number of allylic oxidation sites excluding steroid dienone is 2. The number of hydrazone groups is 1. The van der Waals surface area contributed by atoms with Gasteiger partial charge in [-0.2, -0.15) is 5.10 Å². The van der Waals surface area contributed by atoms with Crippen molar-refractivity contribution in [1.29, 1.82) is 0 Å². The van der Waals surface area contributed by atoms with Gasteiger partial charge in [0.2, 0.25) is 0 Å². The first kappa shape index (κ1) is 14.6. The summed E-state index contributed by atoms with van der Waals surface area (Å²) in [6.45, 7) is 3.94. The van der Waals surface area contributed by atoms with Gasteiger partial charge in [0.15, 0.2) is 0 Å². The van der Waals surface area contributed by atoms with E-state index in [1.54, 1.807) is 0 Å². The third kappa shape index (κ3) is 3.04. The molecular weight excluding hydrogens is 276 g/mol. The van der Waals surface area contributed by atoms with E-state index in [0.29, 0.717) is 0 Å². The molecule has 0 heterocycles. The van der Waals surface area contributed by atoms with E-state index in [4.69, 9.17) is 0 Å². The molecule has 1 aromatic rings. The maximum atomic E-state index is 11.0. The predicted octanol–water partition coefficient (Wildman–Crippen LogP) is 3.26. The van der Waals surface area contributed by atoms with Gasteiger partial charge >= 0.3 is 5.69 Å². The van der Waals surface area contributed by atoms with Crippen LogP contribution in [-0.4, -0.2) is 15.6 Å². The Balaban J connectivity index is 2.32. The van der Waals surface area contributed by atoms with E-state index in [2.05, 4.69) is 16.6 Å². The van der Waals surface area contributed by atoms with Crippen LogP contribution in [0.2, 0.25) is 0 Å². The van der Waals surface area contributed by atoms with Crippen LogP contribution in [0.15, 0.2) is 34.9 Å². The molecule has 0 radical (unpaired) electrons. The molecule has 1 aliphatic carbocycles. The highest BCUT2D eigenvalue weighted by molar-refractivity contribution is 6.03. The summed E-state index contributed by atoms with van der Waals surface area (Å²) in [6.07, 6.45) is 2.93. The van der Waals surface area contributed by atoms with E-state index in [0.717, 1.165) is 23.8 Å². The van der Waals surface area contributed by atoms with Crippen molar-refractivity contribution in [2.24, 2.45) is 11.0 Å². The number of hydrogen-bond acceptors (Lipinski definition) is 6. The number of nitrogens with one attached hydrogen (secondary N) is 1. The molecule has 2 rings (SSSR count). The number of hydrogen-bond donors (Lipinski definition) is 1. The van der Waals surface area contributed by atoms with Crippen LogP contribution in [0.25, 0.3) is 0 Å². The first-order valence-corrected chi connectivity index (χ1v) is 6.33. The molecule has 0 saturated heterocycles. The molecule has 0 unspecified atom stereocenters. The maximum Gasteiger partial charge on any atom is 0.301 e. The molecule has 1 aliphatic rings. The van der Waals surface area contributed by atoms with Crippen LogP contribution in [0.4, 0.5) is 17.1 Å². The third-order valence-electron chi connectivity index (χ3n) is 3.33. The fourth-order valence-electron chi connectivity index (χ4n) is 2.16. The summed E-state index contributed by atoms with van der Waals surface area (Å²) in [5.74, 6) is 0.245. The topological polar surface area (TPSA) is 111 Å². The van der Waals surface area contributed by atoms with Crippen molar-refractivity contribution in [3.8, 4) is 0 Å². The molecule has 0 saturated carbocycles. The van der Waals surface area contributed by atoms with E-state index in [-0.39, 0.29) is 23.0 Å². The smallest absolute Gasteiger partial charge is 0.271 e. The van der Waals surface area contributed by atoms with Crippen LogP contribution in [0.5, 0.6) is 0 Å². The number of nitro groups is 2. The van der Waals surface area contributed by atoms with Gasteiger partial charge in [0.25, 0.3) is 5.69 Å². The summed E-state index contributed by atoms with van der Waals surface area (Å²) in [4.78, 5) is 20.3. The summed E-state index contributed by atoms with van der Waals surface area (Å²) in [5.41, 5.74) is 3.94. The molecule has 21 heavy (non-hydrogen) atoms. The third-order valence-corrected chi connectivity index (χ3v) is 3.33. The van der Waals surface area contributed by atoms with Crippen LogP contribution < -0.4 is 5.43 Å². The van der Waals surface area contributed by atoms with Gasteiger partial charge in [-0.3, -0.25) is 25.7 Å². The summed E-state index contributed by atoms with van der Waals surface area (Å²) < 4.78 is 0. The average molecular weight is 290 g/mol. The molecule has 0 aromatic heterocycles. The Labute approximate surface area is 120 Å². The molecule has 1 N–H and O–H groups in total. The Kier molecular flexibility index (Phi) is 3.97. The van der Waals surface area contributed by atoms with E-state index < -0.39 is 9.85 Å². The highest BCUT2D eigenvalue weighted by atomic mass is 16.6. The van der Waals surface area contributed by atoms with Crippen molar-refractivity contribution in [2.45, 2.75) is 20.3 Å². The second-order valence-corrected chi connectivity index (χ2v) is 4.85. The van der Waals surface area contributed by atoms with Crippen molar-refractivity contribution >= 4 is 22.8 Å². The Morgan fingerprint density at radius 3 is 2.52 bits per heavy atom. The quantitative estimate of drug-likeness (QED) is 0.675. The maximum absolute atomic E-state index is 11.0. The molecule has 0 aliphatic heterocycles. The summed E-state index contributed by atoms with van der Waals surface area (Å²) in [6, 6.07) is 3.42. The SMILES string of the molecule is CC1=CC[C@H](C)/C1=N\Nc1ccc([N+](=O)[O-])cc1[N+](=O)[O-]. The lowest BCUT2D eigenvalue weighted by Crippen LogP contribution is -2.09. The van der Waals surface area contributed by atoms with Gasteiger partial charge in [-0.15, -0.1) is 0 Å². The average Bonchev–Trinajstić information content (AvgIpc) is 2.75. The summed E-state index contributed by atoms with van der Waals surface area (Å²) >= 11 is 0. The van der Waals surface area contributed by atoms with E-state index in [9.17, 15) is 20.2 Å². The molecule has 8 nitrogen and oxygen atoms in total. The number of benzene rings is 1. The molecule has 110 valence electrons. The van der Waals surface area contributed by atoms with Gasteiger partial charge < -0.3 is 0 Å². The van der Waals surface area contributed by atoms with Gasteiger partial charge in [-0.05, 0) is 25.0 Å². The van der Waals surface area contributed by atoms with Crippen molar-refractivity contribution in [3.05, 3.63) is 50.1 Å². The minimum Gasteiger partial charge on any atom is -0.271 e. The molecule has 1 aromatic carbocycles. The first-order valence-electron chi connectivity index (χ1n) is 6.33. The van der Waals surface area contributed by atoms with E-state index in [1.807, 2.05) is 13.8 Å². The van der Waals surface area contributed by atoms with Crippen molar-refractivity contribution in [3.63, 3.8) is 0 Å². The Morgan fingerprint density at radius 2 is 2.00 bits per heavy atom. The number of anilines is 1. The monoisotopic (exact) mass is 290 g/mol. The Morgan fingerprint density at radius 1 is 1.29 bits per heavy atom. The zero-order chi connectivity index (χ0) is 15.6. The minimum absolute atomic E-state index is 0.130. The lowest BCUT2D eigenvalue weighted by molar-refractivity contribution is -0.393. The fraction of sp³-hybridized carbons (Fsp3) is 0.308. The van der Waals surface area contributed by atoms with Gasteiger partial charge in [0, 0.05) is 12.0 Å². The zero-order valence-corrected chi connectivity index (χ0v) is 11.6. The molecule has 1 atom stereocenters. The number of rotatable bonds is 4. The van der Waals surface area contributed by atoms with E-state index >= 15 is 0 Å². The molecular formula is C13H14N4O4. The van der Waals surface area contributed by atoms with Crippen molar-refractivity contribution in [2.75, 3.05) is 5.43 Å². The van der Waals surface area contributed by atoms with Crippen molar-refractivity contribution in [1.82, 2.24) is 0 Å². The van der Waals surface area contributed by atoms with Crippen LogP contribution >= 0.6 is 0 Å². The van der Waals surface area contributed by atoms with Crippen LogP contribution in [0.1, 0.15) is 20.3 Å². The minimum atomic E-state index is -0.672. The van der Waals surface area contributed by atoms with Gasteiger partial charge in [-0.1, -0.05) is 13.0 Å². The second-order valence-electron chi connectivity index (χ2n) is 4.85. The Bertz CT molecular complexity index is 666. The summed E-state index contributed by atoms with van der Waals surface area (Å²) in [5, 5.41) is 25.9. The summed E-state index contributed by atoms with van der Waals surface area (Å²) in [7, 11) is 0. The predicted molar refractivity (Wildman–Crippen MR) is 78.3 cm³/mol. The standard InChI is InChI=1S/C13H14N4O4/c1-8-3-4-9(2)13(8)15-14-11-6-5-10(16(18)19)7-12(11)17(20)21/h3,5-7,9,14H,4H2,1-2H3/b15-13-/t9-/m0/s1. The fourth-order valence-corrected chi connectivity index (χ4v) is 2.16. The number of non-ortho nitro benzene ring substituents is 1. The van der Waals surface area contributed by atoms with E-state index in [1.165, 1.54) is 12.1 Å². The van der Waals surface area contributed by atoms with Crippen molar-refractivity contribution < 1.29 is 9.85 Å². The lowest BCUT2D eigenvalue weighted by Gasteiger charge is -2.07. The van der Waals surface area contributed by atoms with Gasteiger partial charge in [-0.25, -0.2) is 0 Å².